The largest absolute Gasteiger partial charge is 0.421 e. The van der Waals surface area contributed by atoms with E-state index in [1.807, 2.05) is 13.8 Å². The Morgan fingerprint density at radius 3 is 2.51 bits per heavy atom. The molecule has 0 aromatic carbocycles. The summed E-state index contributed by atoms with van der Waals surface area (Å²) >= 11 is 0. The number of hydrogen-bond donors (Lipinski definition) is 2. The molecule has 192 valence electrons. The molecule has 10 nitrogen and oxygen atoms in total. The molecule has 4 heterocycles. The molecule has 0 atom stereocenters. The maximum atomic E-state index is 13.5. The Morgan fingerprint density at radius 1 is 1.17 bits per heavy atom. The van der Waals surface area contributed by atoms with Gasteiger partial charge in [-0.15, -0.1) is 5.10 Å². The Kier molecular flexibility index (Phi) is 6.89. The number of aryl methyl sites for hydroxylation is 1. The molecule has 2 aliphatic heterocycles. The van der Waals surface area contributed by atoms with E-state index < -0.39 is 11.7 Å². The Balaban J connectivity index is 1.41. The zero-order valence-electron chi connectivity index (χ0n) is 20.5. The van der Waals surface area contributed by atoms with Crippen LogP contribution < -0.4 is 10.6 Å². The minimum absolute atomic E-state index is 0.00121. The number of nitrogens with one attached hydrogen (secondary N) is 2. The maximum Gasteiger partial charge on any atom is 0.421 e. The summed E-state index contributed by atoms with van der Waals surface area (Å²) in [5.41, 5.74) is -0.683. The lowest BCUT2D eigenvalue weighted by atomic mass is 9.83. The normalized spacial score (nSPS) is 19.1. The molecule has 35 heavy (non-hydrogen) atoms. The summed E-state index contributed by atoms with van der Waals surface area (Å²) in [6.07, 6.45) is -1.50. The van der Waals surface area contributed by atoms with Crippen LogP contribution in [0.25, 0.3) is 0 Å². The van der Waals surface area contributed by atoms with Crippen molar-refractivity contribution in [2.24, 2.45) is 5.41 Å². The lowest BCUT2D eigenvalue weighted by Crippen LogP contribution is -2.58. The number of anilines is 3. The fourth-order valence-corrected chi connectivity index (χ4v) is 4.40. The number of rotatable bonds is 8. The standard InChI is InChI=1S/C22H32F3N9O/c1-14-17(31-34(30-14)15-6-10-32(4)11-7-15)28-20-27-12-16(22(23,24)25)18(29-20)26-8-5-9-33-13-21(2,3)19(33)35/h12,15H,5-11,13H2,1-4H3,(H2,26,27,28,29,31). The highest BCUT2D eigenvalue weighted by molar-refractivity contribution is 5.87. The zero-order valence-corrected chi connectivity index (χ0v) is 20.5. The van der Waals surface area contributed by atoms with Crippen molar-refractivity contribution in [2.45, 2.75) is 52.3 Å². The van der Waals surface area contributed by atoms with Gasteiger partial charge < -0.3 is 20.4 Å². The molecule has 2 aromatic rings. The van der Waals surface area contributed by atoms with Crippen LogP contribution in [0.4, 0.5) is 30.8 Å². The molecule has 4 rings (SSSR count). The van der Waals surface area contributed by atoms with Crippen molar-refractivity contribution in [1.82, 2.24) is 34.8 Å². The molecule has 2 fully saturated rings. The molecule has 0 bridgehead atoms. The quantitative estimate of drug-likeness (QED) is 0.425. The van der Waals surface area contributed by atoms with E-state index >= 15 is 0 Å². The minimum Gasteiger partial charge on any atom is -0.369 e. The second kappa shape index (κ2) is 9.59. The average molecular weight is 496 g/mol. The number of carbonyl (C=O) groups excluding carboxylic acids is 1. The van der Waals surface area contributed by atoms with Gasteiger partial charge in [-0.05, 0) is 60.2 Å². The van der Waals surface area contributed by atoms with E-state index in [0.717, 1.165) is 32.1 Å². The SMILES string of the molecule is Cc1nn(C2CCN(C)CC2)nc1Nc1ncc(C(F)(F)F)c(NCCCN2CC(C)(C)C2=O)n1. The molecule has 0 spiro atoms. The van der Waals surface area contributed by atoms with Crippen LogP contribution in [0.15, 0.2) is 6.20 Å². The van der Waals surface area contributed by atoms with Crippen molar-refractivity contribution in [3.8, 4) is 0 Å². The summed E-state index contributed by atoms with van der Waals surface area (Å²) in [7, 11) is 2.07. The Bertz CT molecular complexity index is 1060. The van der Waals surface area contributed by atoms with Crippen molar-refractivity contribution in [1.29, 1.82) is 0 Å². The third-order valence-electron chi connectivity index (χ3n) is 6.49. The predicted octanol–water partition coefficient (Wildman–Crippen LogP) is 3.08. The molecule has 13 heteroatoms. The Hall–Kier alpha value is -2.96. The van der Waals surface area contributed by atoms with Gasteiger partial charge >= 0.3 is 6.18 Å². The van der Waals surface area contributed by atoms with Gasteiger partial charge in [0, 0.05) is 25.8 Å². The highest BCUT2D eigenvalue weighted by Gasteiger charge is 2.43. The molecule has 1 amide bonds. The van der Waals surface area contributed by atoms with E-state index in [2.05, 4.69) is 42.7 Å². The Labute approximate surface area is 202 Å². The fraction of sp³-hybridized carbons (Fsp3) is 0.682. The lowest BCUT2D eigenvalue weighted by molar-refractivity contribution is -0.156. The molecule has 0 saturated carbocycles. The van der Waals surface area contributed by atoms with E-state index in [9.17, 15) is 18.0 Å². The minimum atomic E-state index is -4.61. The van der Waals surface area contributed by atoms with Gasteiger partial charge in [-0.1, -0.05) is 0 Å². The lowest BCUT2D eigenvalue weighted by Gasteiger charge is -2.44. The van der Waals surface area contributed by atoms with Gasteiger partial charge in [0.15, 0.2) is 5.82 Å². The van der Waals surface area contributed by atoms with Gasteiger partial charge in [-0.2, -0.15) is 28.1 Å². The van der Waals surface area contributed by atoms with Crippen LogP contribution in [-0.4, -0.2) is 80.4 Å². The summed E-state index contributed by atoms with van der Waals surface area (Å²) in [5, 5.41) is 14.7. The number of likely N-dealkylation sites (tertiary alicyclic amines) is 2. The topological polar surface area (TPSA) is 104 Å². The molecular formula is C22H32F3N9O. The van der Waals surface area contributed by atoms with E-state index in [4.69, 9.17) is 0 Å². The smallest absolute Gasteiger partial charge is 0.369 e. The van der Waals surface area contributed by atoms with Crippen LogP contribution in [0, 0.1) is 12.3 Å². The summed E-state index contributed by atoms with van der Waals surface area (Å²) in [5.74, 6) is 0.156. The van der Waals surface area contributed by atoms with Gasteiger partial charge in [-0.3, -0.25) is 4.79 Å². The van der Waals surface area contributed by atoms with Crippen molar-refractivity contribution in [3.63, 3.8) is 0 Å². The number of hydrogen-bond acceptors (Lipinski definition) is 8. The number of amides is 1. The van der Waals surface area contributed by atoms with Crippen molar-refractivity contribution < 1.29 is 18.0 Å². The first kappa shape index (κ1) is 25.1. The van der Waals surface area contributed by atoms with Crippen LogP contribution in [0.2, 0.25) is 0 Å². The van der Waals surface area contributed by atoms with Crippen molar-refractivity contribution in [3.05, 3.63) is 17.5 Å². The number of piperidine rings is 1. The third kappa shape index (κ3) is 5.65. The van der Waals surface area contributed by atoms with Gasteiger partial charge in [0.05, 0.1) is 11.5 Å². The van der Waals surface area contributed by atoms with E-state index in [1.54, 1.807) is 16.6 Å². The fourth-order valence-electron chi connectivity index (χ4n) is 4.40. The highest BCUT2D eigenvalue weighted by Crippen LogP contribution is 2.34. The first-order chi connectivity index (χ1) is 16.4. The second-order valence-corrected chi connectivity index (χ2v) is 9.96. The van der Waals surface area contributed by atoms with E-state index in [-0.39, 0.29) is 35.7 Å². The summed E-state index contributed by atoms with van der Waals surface area (Å²) in [6, 6.07) is 0.176. The number of halogens is 3. The van der Waals surface area contributed by atoms with Crippen LogP contribution in [0.3, 0.4) is 0 Å². The zero-order chi connectivity index (χ0) is 25.4. The highest BCUT2D eigenvalue weighted by atomic mass is 19.4. The molecule has 2 aliphatic rings. The average Bonchev–Trinajstić information content (AvgIpc) is 3.15. The van der Waals surface area contributed by atoms with Gasteiger partial charge in [0.1, 0.15) is 17.1 Å². The summed E-state index contributed by atoms with van der Waals surface area (Å²) in [4.78, 5) is 25.6. The molecule has 0 unspecified atom stereocenters. The second-order valence-electron chi connectivity index (χ2n) is 9.96. The van der Waals surface area contributed by atoms with Gasteiger partial charge in [-0.25, -0.2) is 4.98 Å². The third-order valence-corrected chi connectivity index (χ3v) is 6.49. The maximum absolute atomic E-state index is 13.5. The van der Waals surface area contributed by atoms with Crippen LogP contribution in [0.1, 0.15) is 50.4 Å². The molecular weight excluding hydrogens is 463 g/mol. The number of aromatic nitrogens is 5. The number of nitrogens with zero attached hydrogens (tertiary/aromatic N) is 7. The Morgan fingerprint density at radius 2 is 1.89 bits per heavy atom. The molecule has 0 radical (unpaired) electrons. The van der Waals surface area contributed by atoms with Gasteiger partial charge in [0.25, 0.3) is 0 Å². The predicted molar refractivity (Wildman–Crippen MR) is 124 cm³/mol. The van der Waals surface area contributed by atoms with E-state index in [1.165, 1.54) is 0 Å². The first-order valence-electron chi connectivity index (χ1n) is 11.8. The van der Waals surface area contributed by atoms with Crippen LogP contribution in [-0.2, 0) is 11.0 Å². The number of carbonyl (C=O) groups is 1. The first-order valence-corrected chi connectivity index (χ1v) is 11.8. The summed E-state index contributed by atoms with van der Waals surface area (Å²) in [6.45, 7) is 8.80. The number of alkyl halides is 3. The molecule has 2 saturated heterocycles. The van der Waals surface area contributed by atoms with Crippen molar-refractivity contribution in [2.75, 3.05) is 50.4 Å². The molecule has 0 aliphatic carbocycles. The molecule has 2 N–H and O–H groups in total. The monoisotopic (exact) mass is 495 g/mol. The van der Waals surface area contributed by atoms with Crippen molar-refractivity contribution >= 4 is 23.5 Å². The molecule has 2 aromatic heterocycles. The number of β-lactam (4-membered cyclic amide) rings is 1. The van der Waals surface area contributed by atoms with E-state index in [0.29, 0.717) is 31.0 Å². The van der Waals surface area contributed by atoms with Gasteiger partial charge in [0.2, 0.25) is 11.9 Å². The van der Waals surface area contributed by atoms with Crippen LogP contribution in [0.5, 0.6) is 0 Å². The summed E-state index contributed by atoms with van der Waals surface area (Å²) < 4.78 is 40.6. The van der Waals surface area contributed by atoms with Crippen LogP contribution >= 0.6 is 0 Å².